The number of benzene rings is 2. The normalized spacial score (nSPS) is 16.8. The van der Waals surface area contributed by atoms with E-state index in [1.807, 2.05) is 12.1 Å². The van der Waals surface area contributed by atoms with Gasteiger partial charge in [0.25, 0.3) is 0 Å². The number of likely N-dealkylation sites (tertiary alicyclic amines) is 1. The lowest BCUT2D eigenvalue weighted by Gasteiger charge is -2.37. The van der Waals surface area contributed by atoms with Gasteiger partial charge in [-0.2, -0.15) is 13.2 Å². The summed E-state index contributed by atoms with van der Waals surface area (Å²) in [5.74, 6) is -0.143. The number of halogens is 3. The van der Waals surface area contributed by atoms with Crippen molar-refractivity contribution in [1.29, 1.82) is 0 Å². The Hall–Kier alpha value is -2.74. The summed E-state index contributed by atoms with van der Waals surface area (Å²) in [7, 11) is 3.05. The Morgan fingerprint density at radius 3 is 2.07 bits per heavy atom. The van der Waals surface area contributed by atoms with Gasteiger partial charge in [0.2, 0.25) is 0 Å². The molecule has 162 valence electrons. The largest absolute Gasteiger partial charge is 0.493 e. The van der Waals surface area contributed by atoms with Gasteiger partial charge in [0.05, 0.1) is 31.7 Å². The van der Waals surface area contributed by atoms with Crippen LogP contribution in [0.25, 0.3) is 0 Å². The summed E-state index contributed by atoms with van der Waals surface area (Å²) in [6.45, 7) is 1.05. The zero-order valence-electron chi connectivity index (χ0n) is 16.8. The molecule has 1 aliphatic rings. The number of hydrogen-bond donors (Lipinski definition) is 1. The van der Waals surface area contributed by atoms with Crippen molar-refractivity contribution in [3.05, 3.63) is 59.2 Å². The molecule has 5 nitrogen and oxygen atoms in total. The minimum absolute atomic E-state index is 0.332. The predicted molar refractivity (Wildman–Crippen MR) is 105 cm³/mol. The van der Waals surface area contributed by atoms with Crippen LogP contribution in [0.1, 0.15) is 35.6 Å². The maximum absolute atomic E-state index is 13.0. The number of alkyl halides is 3. The topological polar surface area (TPSA) is 59.0 Å². The van der Waals surface area contributed by atoms with Crippen molar-refractivity contribution >= 4 is 5.97 Å². The van der Waals surface area contributed by atoms with Crippen LogP contribution in [0.2, 0.25) is 0 Å². The highest BCUT2D eigenvalue weighted by atomic mass is 19.4. The Kier molecular flexibility index (Phi) is 6.55. The van der Waals surface area contributed by atoms with Gasteiger partial charge in [-0.3, -0.25) is 9.69 Å². The number of methoxy groups -OCH3 is 2. The van der Waals surface area contributed by atoms with Gasteiger partial charge in [0, 0.05) is 0 Å². The Morgan fingerprint density at radius 2 is 1.57 bits per heavy atom. The third-order valence-electron chi connectivity index (χ3n) is 5.52. The first kappa shape index (κ1) is 22.0. The second-order valence-electron chi connectivity index (χ2n) is 7.29. The Balaban J connectivity index is 1.98. The number of nitrogens with zero attached hydrogens (tertiary/aromatic N) is 1. The molecule has 0 aromatic heterocycles. The van der Waals surface area contributed by atoms with Crippen molar-refractivity contribution in [3.8, 4) is 11.5 Å². The molecule has 1 fully saturated rings. The molecule has 2 aromatic rings. The van der Waals surface area contributed by atoms with Crippen molar-refractivity contribution in [3.63, 3.8) is 0 Å². The van der Waals surface area contributed by atoms with Gasteiger partial charge >= 0.3 is 12.1 Å². The highest BCUT2D eigenvalue weighted by Crippen LogP contribution is 2.38. The molecule has 8 heteroatoms. The van der Waals surface area contributed by atoms with E-state index in [2.05, 4.69) is 4.90 Å². The van der Waals surface area contributed by atoms with Crippen molar-refractivity contribution in [1.82, 2.24) is 4.90 Å². The van der Waals surface area contributed by atoms with E-state index >= 15 is 0 Å². The highest BCUT2D eigenvalue weighted by Gasteiger charge is 2.33. The smallest absolute Gasteiger partial charge is 0.416 e. The quantitative estimate of drug-likeness (QED) is 0.736. The lowest BCUT2D eigenvalue weighted by molar-refractivity contribution is -0.143. The number of piperidine rings is 1. The Morgan fingerprint density at radius 1 is 1.00 bits per heavy atom. The Bertz CT molecular complexity index is 875. The predicted octanol–water partition coefficient (Wildman–Crippen LogP) is 4.61. The fraction of sp³-hybridized carbons (Fsp3) is 0.409. The molecule has 1 aliphatic heterocycles. The molecule has 0 spiro atoms. The summed E-state index contributed by atoms with van der Waals surface area (Å²) in [6, 6.07) is 10.2. The van der Waals surface area contributed by atoms with Gasteiger partial charge in [0.1, 0.15) is 0 Å². The summed E-state index contributed by atoms with van der Waals surface area (Å²) in [4.78, 5) is 13.4. The molecule has 0 saturated carbocycles. The van der Waals surface area contributed by atoms with Crippen LogP contribution < -0.4 is 9.47 Å². The van der Waals surface area contributed by atoms with Crippen LogP contribution >= 0.6 is 0 Å². The average Bonchev–Trinajstić information content (AvgIpc) is 2.74. The standard InChI is InChI=1S/C22H24F3NO4/c1-29-18-8-5-16(13-19(18)30-2)20(26-11-9-15(10-12-26)21(27)28)14-3-6-17(7-4-14)22(23,24)25/h3-8,13,15,20H,9-12H2,1-2H3,(H,27,28). The molecular weight excluding hydrogens is 399 g/mol. The molecule has 30 heavy (non-hydrogen) atoms. The molecule has 0 aliphatic carbocycles. The molecule has 0 amide bonds. The summed E-state index contributed by atoms with van der Waals surface area (Å²) < 4.78 is 49.7. The van der Waals surface area contributed by atoms with E-state index in [0.29, 0.717) is 43.0 Å². The van der Waals surface area contributed by atoms with Crippen LogP contribution in [0.4, 0.5) is 13.2 Å². The monoisotopic (exact) mass is 423 g/mol. The number of carbonyl (C=O) groups is 1. The molecule has 0 bridgehead atoms. The first-order chi connectivity index (χ1) is 14.2. The van der Waals surface area contributed by atoms with Crippen LogP contribution in [-0.4, -0.2) is 43.3 Å². The van der Waals surface area contributed by atoms with Crippen molar-refractivity contribution in [2.24, 2.45) is 5.92 Å². The molecule has 3 rings (SSSR count). The first-order valence-electron chi connectivity index (χ1n) is 9.60. The number of ether oxygens (including phenoxy) is 2. The SMILES string of the molecule is COc1ccc(C(c2ccc(C(F)(F)F)cc2)N2CCC(C(=O)O)CC2)cc1OC. The first-order valence-corrected chi connectivity index (χ1v) is 9.60. The van der Waals surface area contributed by atoms with E-state index in [1.54, 1.807) is 6.07 Å². The van der Waals surface area contributed by atoms with Crippen LogP contribution in [0.3, 0.4) is 0 Å². The zero-order chi connectivity index (χ0) is 21.9. The van der Waals surface area contributed by atoms with E-state index in [9.17, 15) is 23.1 Å². The molecule has 1 heterocycles. The van der Waals surface area contributed by atoms with Crippen molar-refractivity contribution in [2.75, 3.05) is 27.3 Å². The number of hydrogen-bond acceptors (Lipinski definition) is 4. The van der Waals surface area contributed by atoms with Gasteiger partial charge in [-0.15, -0.1) is 0 Å². The highest BCUT2D eigenvalue weighted by molar-refractivity contribution is 5.70. The number of rotatable bonds is 6. The number of aliphatic carboxylic acids is 1. The van der Waals surface area contributed by atoms with Gasteiger partial charge in [-0.1, -0.05) is 18.2 Å². The number of carboxylic acids is 1. The molecule has 2 aromatic carbocycles. The van der Waals surface area contributed by atoms with Crippen LogP contribution in [-0.2, 0) is 11.0 Å². The van der Waals surface area contributed by atoms with Crippen LogP contribution in [0.5, 0.6) is 11.5 Å². The van der Waals surface area contributed by atoms with Crippen LogP contribution in [0, 0.1) is 5.92 Å². The van der Waals surface area contributed by atoms with Gasteiger partial charge in [0.15, 0.2) is 11.5 Å². The van der Waals surface area contributed by atoms with Gasteiger partial charge in [-0.05, 0) is 61.3 Å². The fourth-order valence-corrected chi connectivity index (χ4v) is 3.90. The molecule has 1 N–H and O–H groups in total. The molecule has 1 unspecified atom stereocenters. The number of carboxylic acid groups (broad SMARTS) is 1. The Labute approximate surface area is 173 Å². The zero-order valence-corrected chi connectivity index (χ0v) is 16.8. The lowest BCUT2D eigenvalue weighted by Crippen LogP contribution is -2.39. The summed E-state index contributed by atoms with van der Waals surface area (Å²) in [5.41, 5.74) is 0.826. The third kappa shape index (κ3) is 4.70. The van der Waals surface area contributed by atoms with E-state index in [0.717, 1.165) is 17.7 Å². The maximum Gasteiger partial charge on any atom is 0.416 e. The molecule has 1 atom stereocenters. The minimum atomic E-state index is -4.41. The molecule has 1 saturated heterocycles. The van der Waals surface area contributed by atoms with E-state index in [-0.39, 0.29) is 6.04 Å². The fourth-order valence-electron chi connectivity index (χ4n) is 3.90. The second kappa shape index (κ2) is 8.95. The third-order valence-corrected chi connectivity index (χ3v) is 5.52. The molecular formula is C22H24F3NO4. The summed E-state index contributed by atoms with van der Waals surface area (Å²) >= 11 is 0. The lowest BCUT2D eigenvalue weighted by atomic mass is 9.91. The van der Waals surface area contributed by atoms with Crippen molar-refractivity contribution < 1.29 is 32.5 Å². The van der Waals surface area contributed by atoms with E-state index < -0.39 is 23.6 Å². The van der Waals surface area contributed by atoms with Gasteiger partial charge in [-0.25, -0.2) is 0 Å². The maximum atomic E-state index is 13.0. The van der Waals surface area contributed by atoms with Crippen LogP contribution in [0.15, 0.2) is 42.5 Å². The van der Waals surface area contributed by atoms with E-state index in [4.69, 9.17) is 9.47 Å². The molecule has 0 radical (unpaired) electrons. The second-order valence-corrected chi connectivity index (χ2v) is 7.29. The van der Waals surface area contributed by atoms with Gasteiger partial charge < -0.3 is 14.6 Å². The van der Waals surface area contributed by atoms with E-state index in [1.165, 1.54) is 26.4 Å². The summed E-state index contributed by atoms with van der Waals surface area (Å²) in [5, 5.41) is 9.27. The van der Waals surface area contributed by atoms with Crippen molar-refractivity contribution in [2.45, 2.75) is 25.1 Å². The minimum Gasteiger partial charge on any atom is -0.493 e. The summed E-state index contributed by atoms with van der Waals surface area (Å²) in [6.07, 6.45) is -3.43. The average molecular weight is 423 g/mol.